The van der Waals surface area contributed by atoms with E-state index in [0.717, 1.165) is 23.3 Å². The van der Waals surface area contributed by atoms with Crippen molar-refractivity contribution in [2.24, 2.45) is 0 Å². The second-order valence-corrected chi connectivity index (χ2v) is 5.87. The average molecular weight is 304 g/mol. The van der Waals surface area contributed by atoms with E-state index < -0.39 is 0 Å². The lowest BCUT2D eigenvalue weighted by Crippen LogP contribution is -2.22. The van der Waals surface area contributed by atoms with E-state index in [1.54, 1.807) is 19.0 Å². The van der Waals surface area contributed by atoms with Gasteiger partial charge in [-0.25, -0.2) is 0 Å². The predicted octanol–water partition coefficient (Wildman–Crippen LogP) is 3.49. The van der Waals surface area contributed by atoms with Crippen LogP contribution in [0.1, 0.15) is 23.7 Å². The van der Waals surface area contributed by atoms with Crippen LogP contribution in [-0.2, 0) is 0 Å². The van der Waals surface area contributed by atoms with Crippen LogP contribution in [0.25, 0.3) is 11.1 Å². The molecule has 1 aromatic carbocycles. The fourth-order valence-corrected chi connectivity index (χ4v) is 2.79. The molecule has 0 saturated heterocycles. The number of anilines is 1. The highest BCUT2D eigenvalue weighted by atomic mass is 32.1. The van der Waals surface area contributed by atoms with E-state index in [2.05, 4.69) is 6.92 Å². The summed E-state index contributed by atoms with van der Waals surface area (Å²) in [4.78, 5) is 13.8. The zero-order valence-electron chi connectivity index (χ0n) is 12.6. The summed E-state index contributed by atoms with van der Waals surface area (Å²) in [5, 5.41) is 2.48. The summed E-state index contributed by atoms with van der Waals surface area (Å²) in [5.74, 6) is 0.763. The number of benzene rings is 1. The number of carbonyl (C=O) groups excluding carboxylic acids is 1. The topological polar surface area (TPSA) is 55.6 Å². The Morgan fingerprint density at radius 3 is 2.52 bits per heavy atom. The highest BCUT2D eigenvalue weighted by molar-refractivity contribution is 7.15. The lowest BCUT2D eigenvalue weighted by Gasteiger charge is -2.12. The Balaban J connectivity index is 2.32. The maximum Gasteiger partial charge on any atom is 0.256 e. The summed E-state index contributed by atoms with van der Waals surface area (Å²) in [6.07, 6.45) is 0.976. The molecule has 1 amide bonds. The Morgan fingerprint density at radius 1 is 1.29 bits per heavy atom. The van der Waals surface area contributed by atoms with Crippen molar-refractivity contribution in [2.75, 3.05) is 26.4 Å². The van der Waals surface area contributed by atoms with Crippen molar-refractivity contribution in [3.05, 3.63) is 35.2 Å². The third kappa shape index (κ3) is 3.36. The van der Waals surface area contributed by atoms with E-state index in [9.17, 15) is 4.79 Å². The Morgan fingerprint density at radius 2 is 1.95 bits per heavy atom. The summed E-state index contributed by atoms with van der Waals surface area (Å²) in [5.41, 5.74) is 8.38. The molecular formula is C16H20N2O2S. The monoisotopic (exact) mass is 304 g/mol. The maximum atomic E-state index is 12.3. The summed E-state index contributed by atoms with van der Waals surface area (Å²) in [6, 6.07) is 7.75. The van der Waals surface area contributed by atoms with Crippen molar-refractivity contribution in [3.8, 4) is 16.9 Å². The van der Waals surface area contributed by atoms with Crippen molar-refractivity contribution in [1.82, 2.24) is 4.90 Å². The van der Waals surface area contributed by atoms with Gasteiger partial charge in [-0.2, -0.15) is 0 Å². The predicted molar refractivity (Wildman–Crippen MR) is 88.0 cm³/mol. The summed E-state index contributed by atoms with van der Waals surface area (Å²) in [7, 11) is 3.45. The molecule has 0 unspecified atom stereocenters. The quantitative estimate of drug-likeness (QED) is 0.920. The molecule has 0 bridgehead atoms. The van der Waals surface area contributed by atoms with Crippen molar-refractivity contribution < 1.29 is 9.53 Å². The van der Waals surface area contributed by atoms with E-state index in [-0.39, 0.29) is 5.91 Å². The number of nitrogens with two attached hydrogens (primary N) is 1. The van der Waals surface area contributed by atoms with Crippen LogP contribution in [0.4, 0.5) is 5.00 Å². The molecule has 0 aliphatic rings. The van der Waals surface area contributed by atoms with Crippen LogP contribution in [0.2, 0.25) is 0 Å². The SMILES string of the molecule is CCCOc1ccc(-c2csc(N)c2C(=O)N(C)C)cc1. The first kappa shape index (κ1) is 15.4. The summed E-state index contributed by atoms with van der Waals surface area (Å²) in [6.45, 7) is 2.77. The number of hydrogen-bond acceptors (Lipinski definition) is 4. The number of nitrogens with zero attached hydrogens (tertiary/aromatic N) is 1. The summed E-state index contributed by atoms with van der Waals surface area (Å²) >= 11 is 1.39. The summed E-state index contributed by atoms with van der Waals surface area (Å²) < 4.78 is 5.57. The zero-order chi connectivity index (χ0) is 15.4. The lowest BCUT2D eigenvalue weighted by atomic mass is 10.0. The van der Waals surface area contributed by atoms with Gasteiger partial charge in [0.25, 0.3) is 5.91 Å². The van der Waals surface area contributed by atoms with Crippen LogP contribution < -0.4 is 10.5 Å². The molecule has 2 aromatic rings. The highest BCUT2D eigenvalue weighted by Gasteiger charge is 2.19. The van der Waals surface area contributed by atoms with Crippen LogP contribution in [-0.4, -0.2) is 31.5 Å². The minimum Gasteiger partial charge on any atom is -0.494 e. The third-order valence-electron chi connectivity index (χ3n) is 3.08. The van der Waals surface area contributed by atoms with Gasteiger partial charge < -0.3 is 15.4 Å². The maximum absolute atomic E-state index is 12.3. The minimum absolute atomic E-state index is 0.0740. The van der Waals surface area contributed by atoms with E-state index in [0.29, 0.717) is 17.2 Å². The van der Waals surface area contributed by atoms with Gasteiger partial charge in [0.1, 0.15) is 5.75 Å². The van der Waals surface area contributed by atoms with Crippen molar-refractivity contribution in [3.63, 3.8) is 0 Å². The molecule has 0 fully saturated rings. The standard InChI is InChI=1S/C16H20N2O2S/c1-4-9-20-12-7-5-11(6-8-12)13-10-21-15(17)14(13)16(19)18(2)3/h5-8,10H,4,9,17H2,1-3H3. The Kier molecular flexibility index (Phi) is 4.85. The smallest absolute Gasteiger partial charge is 0.256 e. The zero-order valence-corrected chi connectivity index (χ0v) is 13.4. The number of carbonyl (C=O) groups is 1. The lowest BCUT2D eigenvalue weighted by molar-refractivity contribution is 0.0830. The molecule has 21 heavy (non-hydrogen) atoms. The van der Waals surface area contributed by atoms with Crippen molar-refractivity contribution >= 4 is 22.2 Å². The van der Waals surface area contributed by atoms with Gasteiger partial charge in [0.05, 0.1) is 17.2 Å². The Labute approximate surface area is 129 Å². The number of nitrogen functional groups attached to an aromatic ring is 1. The van der Waals surface area contributed by atoms with Gasteiger partial charge in [-0.15, -0.1) is 11.3 Å². The Hall–Kier alpha value is -2.01. The molecule has 0 atom stereocenters. The van der Waals surface area contributed by atoms with Crippen LogP contribution in [0.15, 0.2) is 29.6 Å². The number of rotatable bonds is 5. The van der Waals surface area contributed by atoms with Gasteiger partial charge in [-0.3, -0.25) is 4.79 Å². The van der Waals surface area contributed by atoms with E-state index in [1.165, 1.54) is 11.3 Å². The molecule has 112 valence electrons. The third-order valence-corrected chi connectivity index (χ3v) is 3.89. The molecule has 1 heterocycles. The van der Waals surface area contributed by atoms with Gasteiger partial charge >= 0.3 is 0 Å². The first-order chi connectivity index (χ1) is 10.0. The second-order valence-electron chi connectivity index (χ2n) is 4.96. The number of ether oxygens (including phenoxy) is 1. The fourth-order valence-electron chi connectivity index (χ4n) is 1.98. The Bertz CT molecular complexity index is 618. The molecule has 4 nitrogen and oxygen atoms in total. The molecule has 2 rings (SSSR count). The fraction of sp³-hybridized carbons (Fsp3) is 0.312. The molecule has 5 heteroatoms. The largest absolute Gasteiger partial charge is 0.494 e. The number of thiophene rings is 1. The molecular weight excluding hydrogens is 284 g/mol. The first-order valence-electron chi connectivity index (χ1n) is 6.86. The first-order valence-corrected chi connectivity index (χ1v) is 7.74. The van der Waals surface area contributed by atoms with Crippen molar-refractivity contribution in [1.29, 1.82) is 0 Å². The second kappa shape index (κ2) is 6.63. The van der Waals surface area contributed by atoms with Gasteiger partial charge in [0.15, 0.2) is 0 Å². The minimum atomic E-state index is -0.0740. The van der Waals surface area contributed by atoms with Crippen molar-refractivity contribution in [2.45, 2.75) is 13.3 Å². The number of hydrogen-bond donors (Lipinski definition) is 1. The van der Waals surface area contributed by atoms with Crippen LogP contribution in [0, 0.1) is 0 Å². The van der Waals surface area contributed by atoms with Crippen LogP contribution in [0.3, 0.4) is 0 Å². The van der Waals surface area contributed by atoms with Gasteiger partial charge in [0.2, 0.25) is 0 Å². The van der Waals surface area contributed by atoms with Crippen LogP contribution in [0.5, 0.6) is 5.75 Å². The van der Waals surface area contributed by atoms with E-state index >= 15 is 0 Å². The van der Waals surface area contributed by atoms with E-state index in [1.807, 2.05) is 29.6 Å². The highest BCUT2D eigenvalue weighted by Crippen LogP contribution is 2.34. The molecule has 0 aliphatic carbocycles. The van der Waals surface area contributed by atoms with Crippen LogP contribution >= 0.6 is 11.3 Å². The molecule has 0 radical (unpaired) electrons. The van der Waals surface area contributed by atoms with E-state index in [4.69, 9.17) is 10.5 Å². The molecule has 0 saturated carbocycles. The van der Waals surface area contributed by atoms with Gasteiger partial charge in [-0.05, 0) is 24.1 Å². The molecule has 0 spiro atoms. The molecule has 2 N–H and O–H groups in total. The average Bonchev–Trinajstić information content (AvgIpc) is 2.86. The van der Waals surface area contributed by atoms with Gasteiger partial charge in [-0.1, -0.05) is 19.1 Å². The molecule has 1 aromatic heterocycles. The normalized spacial score (nSPS) is 10.4. The molecule has 0 aliphatic heterocycles. The van der Waals surface area contributed by atoms with Gasteiger partial charge in [0, 0.05) is 25.0 Å². The number of amides is 1.